The molecule has 1 aromatic carbocycles. The minimum absolute atomic E-state index is 0.0318. The van der Waals surface area contributed by atoms with Crippen molar-refractivity contribution in [1.29, 1.82) is 0 Å². The van der Waals surface area contributed by atoms with Crippen LogP contribution in [-0.4, -0.2) is 17.5 Å². The molecule has 5 nitrogen and oxygen atoms in total. The highest BCUT2D eigenvalue weighted by molar-refractivity contribution is 5.87. The van der Waals surface area contributed by atoms with Gasteiger partial charge < -0.3 is 4.74 Å². The third-order valence-electron chi connectivity index (χ3n) is 1.89. The summed E-state index contributed by atoms with van der Waals surface area (Å²) in [7, 11) is 0. The second kappa shape index (κ2) is 5.51. The van der Waals surface area contributed by atoms with Gasteiger partial charge >= 0.3 is 5.97 Å². The van der Waals surface area contributed by atoms with Gasteiger partial charge in [-0.2, -0.15) is 0 Å². The fourth-order valence-corrected chi connectivity index (χ4v) is 1.09. The zero-order chi connectivity index (χ0) is 12.0. The normalized spacial score (nSPS) is 9.19. The molecule has 0 atom stereocenters. The van der Waals surface area contributed by atoms with Crippen LogP contribution >= 0.6 is 0 Å². The molecule has 0 N–H and O–H groups in total. The Kier molecular flexibility index (Phi) is 4.04. The fourth-order valence-electron chi connectivity index (χ4n) is 1.09. The number of nitro groups is 1. The Hall–Kier alpha value is -2.35. The second-order valence-electron chi connectivity index (χ2n) is 2.95. The lowest BCUT2D eigenvalue weighted by Crippen LogP contribution is -2.04. The number of rotatable bonds is 4. The van der Waals surface area contributed by atoms with E-state index in [1.54, 1.807) is 12.1 Å². The lowest BCUT2D eigenvalue weighted by atomic mass is 10.1. The molecule has 0 unspecified atom stereocenters. The van der Waals surface area contributed by atoms with Crippen molar-refractivity contribution in [3.63, 3.8) is 0 Å². The van der Waals surface area contributed by atoms with E-state index in [4.69, 9.17) is 6.42 Å². The smallest absolute Gasteiger partial charge is 0.384 e. The molecule has 1 rings (SSSR count). The Morgan fingerprint density at radius 1 is 1.44 bits per heavy atom. The van der Waals surface area contributed by atoms with Gasteiger partial charge in [-0.25, -0.2) is 4.79 Å². The average molecular weight is 219 g/mol. The number of esters is 1. The van der Waals surface area contributed by atoms with Crippen LogP contribution < -0.4 is 0 Å². The van der Waals surface area contributed by atoms with Crippen molar-refractivity contribution in [3.05, 3.63) is 39.9 Å². The number of ether oxygens (including phenoxy) is 1. The van der Waals surface area contributed by atoms with Crippen molar-refractivity contribution in [2.75, 3.05) is 6.61 Å². The monoisotopic (exact) mass is 219 g/mol. The maximum Gasteiger partial charge on any atom is 0.384 e. The molecule has 0 heterocycles. The summed E-state index contributed by atoms with van der Waals surface area (Å²) in [6.45, 7) is 0.168. The van der Waals surface area contributed by atoms with Crippen molar-refractivity contribution < 1.29 is 14.5 Å². The maximum atomic E-state index is 10.6. The average Bonchev–Trinajstić information content (AvgIpc) is 2.29. The number of hydrogen-bond acceptors (Lipinski definition) is 4. The van der Waals surface area contributed by atoms with Crippen LogP contribution in [-0.2, 0) is 16.0 Å². The first-order valence-electron chi connectivity index (χ1n) is 4.50. The molecule has 1 aromatic rings. The molecule has 0 aliphatic heterocycles. The largest absolute Gasteiger partial charge is 0.456 e. The summed E-state index contributed by atoms with van der Waals surface area (Å²) in [6.07, 6.45) is 5.28. The zero-order valence-corrected chi connectivity index (χ0v) is 8.38. The quantitative estimate of drug-likeness (QED) is 0.252. The Bertz CT molecular complexity index is 430. The van der Waals surface area contributed by atoms with Crippen LogP contribution in [0.1, 0.15) is 5.56 Å². The number of carbonyl (C=O) groups is 1. The molecule has 0 saturated heterocycles. The summed E-state index contributed by atoms with van der Waals surface area (Å²) in [5.41, 5.74) is 0.875. The molecule has 0 aliphatic carbocycles. The van der Waals surface area contributed by atoms with Crippen molar-refractivity contribution in [3.8, 4) is 12.3 Å². The lowest BCUT2D eigenvalue weighted by Gasteiger charge is -2.01. The molecule has 0 saturated carbocycles. The molecule has 0 amide bonds. The third kappa shape index (κ3) is 3.42. The molecule has 0 bridgehead atoms. The highest BCUT2D eigenvalue weighted by atomic mass is 16.6. The van der Waals surface area contributed by atoms with Gasteiger partial charge in [-0.05, 0) is 5.56 Å². The summed E-state index contributed by atoms with van der Waals surface area (Å²) >= 11 is 0. The molecule has 82 valence electrons. The highest BCUT2D eigenvalue weighted by Crippen LogP contribution is 2.12. The summed E-state index contributed by atoms with van der Waals surface area (Å²) < 4.78 is 4.66. The van der Waals surface area contributed by atoms with E-state index in [0.717, 1.165) is 5.56 Å². The molecule has 0 radical (unpaired) electrons. The van der Waals surface area contributed by atoms with Gasteiger partial charge in [0.05, 0.1) is 11.5 Å². The van der Waals surface area contributed by atoms with Crippen LogP contribution in [0.5, 0.6) is 0 Å². The second-order valence-corrected chi connectivity index (χ2v) is 2.95. The SMILES string of the molecule is C#CC(=O)OCCc1ccc([N+](=O)[O-])cc1. The number of nitrogens with zero attached hydrogens (tertiary/aromatic N) is 1. The Morgan fingerprint density at radius 2 is 2.06 bits per heavy atom. The molecular weight excluding hydrogens is 210 g/mol. The first-order chi connectivity index (χ1) is 7.63. The van der Waals surface area contributed by atoms with Gasteiger partial charge in [0.25, 0.3) is 5.69 Å². The Morgan fingerprint density at radius 3 is 2.56 bits per heavy atom. The molecule has 5 heteroatoms. The van der Waals surface area contributed by atoms with E-state index in [1.807, 2.05) is 5.92 Å². The number of nitro benzene ring substituents is 1. The minimum Gasteiger partial charge on any atom is -0.456 e. The first kappa shape index (κ1) is 11.7. The van der Waals surface area contributed by atoms with Gasteiger partial charge in [0, 0.05) is 24.5 Å². The number of carbonyl (C=O) groups excluding carboxylic acids is 1. The van der Waals surface area contributed by atoms with Crippen LogP contribution in [0.25, 0.3) is 0 Å². The Balaban J connectivity index is 2.47. The van der Waals surface area contributed by atoms with Crippen molar-refractivity contribution in [2.45, 2.75) is 6.42 Å². The van der Waals surface area contributed by atoms with Crippen LogP contribution in [0.2, 0.25) is 0 Å². The summed E-state index contributed by atoms with van der Waals surface area (Å²) in [4.78, 5) is 20.5. The Labute approximate surface area is 92.2 Å². The van der Waals surface area contributed by atoms with E-state index < -0.39 is 10.9 Å². The van der Waals surface area contributed by atoms with E-state index in [2.05, 4.69) is 4.74 Å². The molecule has 0 spiro atoms. The number of benzene rings is 1. The molecule has 16 heavy (non-hydrogen) atoms. The fraction of sp³-hybridized carbons (Fsp3) is 0.182. The van der Waals surface area contributed by atoms with E-state index in [0.29, 0.717) is 6.42 Å². The first-order valence-corrected chi connectivity index (χ1v) is 4.50. The van der Waals surface area contributed by atoms with E-state index in [1.165, 1.54) is 12.1 Å². The van der Waals surface area contributed by atoms with Gasteiger partial charge in [0.1, 0.15) is 0 Å². The van der Waals surface area contributed by atoms with Gasteiger partial charge in [-0.3, -0.25) is 10.1 Å². The van der Waals surface area contributed by atoms with Gasteiger partial charge in [-0.1, -0.05) is 12.1 Å². The van der Waals surface area contributed by atoms with E-state index in [9.17, 15) is 14.9 Å². The summed E-state index contributed by atoms with van der Waals surface area (Å²) in [5, 5.41) is 10.4. The summed E-state index contributed by atoms with van der Waals surface area (Å²) in [5.74, 6) is 1.12. The van der Waals surface area contributed by atoms with Crippen molar-refractivity contribution >= 4 is 11.7 Å². The summed E-state index contributed by atoms with van der Waals surface area (Å²) in [6, 6.07) is 6.03. The van der Waals surface area contributed by atoms with Crippen LogP contribution in [0.3, 0.4) is 0 Å². The molecular formula is C11H9NO4. The topological polar surface area (TPSA) is 69.4 Å². The number of non-ortho nitro benzene ring substituents is 1. The number of hydrogen-bond donors (Lipinski definition) is 0. The van der Waals surface area contributed by atoms with Crippen molar-refractivity contribution in [1.82, 2.24) is 0 Å². The maximum absolute atomic E-state index is 10.6. The predicted molar refractivity (Wildman–Crippen MR) is 56.6 cm³/mol. The molecule has 0 fully saturated rings. The lowest BCUT2D eigenvalue weighted by molar-refractivity contribution is -0.384. The predicted octanol–water partition coefficient (Wildman–Crippen LogP) is 1.31. The van der Waals surface area contributed by atoms with E-state index in [-0.39, 0.29) is 12.3 Å². The molecule has 0 aromatic heterocycles. The molecule has 0 aliphatic rings. The standard InChI is InChI=1S/C11H9NO4/c1-2-11(13)16-8-7-9-3-5-10(6-4-9)12(14)15/h1,3-6H,7-8H2. The van der Waals surface area contributed by atoms with Gasteiger partial charge in [0.15, 0.2) is 0 Å². The minimum atomic E-state index is -0.707. The van der Waals surface area contributed by atoms with Crippen LogP contribution in [0.15, 0.2) is 24.3 Å². The van der Waals surface area contributed by atoms with Crippen LogP contribution in [0.4, 0.5) is 5.69 Å². The van der Waals surface area contributed by atoms with Crippen LogP contribution in [0, 0.1) is 22.5 Å². The van der Waals surface area contributed by atoms with Gasteiger partial charge in [-0.15, -0.1) is 6.42 Å². The number of terminal acetylenes is 1. The zero-order valence-electron chi connectivity index (χ0n) is 8.38. The van der Waals surface area contributed by atoms with Gasteiger partial charge in [0.2, 0.25) is 0 Å². The van der Waals surface area contributed by atoms with E-state index >= 15 is 0 Å². The van der Waals surface area contributed by atoms with Crippen molar-refractivity contribution in [2.24, 2.45) is 0 Å². The third-order valence-corrected chi connectivity index (χ3v) is 1.89. The highest BCUT2D eigenvalue weighted by Gasteiger charge is 2.04.